The third-order valence-corrected chi connectivity index (χ3v) is 5.65. The zero-order valence-corrected chi connectivity index (χ0v) is 15.2. The summed E-state index contributed by atoms with van der Waals surface area (Å²) in [6.45, 7) is 8.18. The first kappa shape index (κ1) is 17.3. The highest BCUT2D eigenvalue weighted by molar-refractivity contribution is 7.85. The van der Waals surface area contributed by atoms with E-state index >= 15 is 0 Å². The normalized spacial score (nSPS) is 20.2. The van der Waals surface area contributed by atoms with E-state index in [-0.39, 0.29) is 6.10 Å². The van der Waals surface area contributed by atoms with Crippen LogP contribution in [0.1, 0.15) is 11.4 Å². The minimum absolute atomic E-state index is 0.141. The third kappa shape index (κ3) is 4.53. The van der Waals surface area contributed by atoms with E-state index in [9.17, 15) is 4.21 Å². The van der Waals surface area contributed by atoms with Crippen LogP contribution < -0.4 is 0 Å². The van der Waals surface area contributed by atoms with E-state index in [1.165, 1.54) is 5.69 Å². The molecule has 0 N–H and O–H groups in total. The van der Waals surface area contributed by atoms with Crippen molar-refractivity contribution in [2.45, 2.75) is 31.4 Å². The molecule has 0 saturated carbocycles. The molecule has 0 aliphatic carbocycles. The molecule has 5 nitrogen and oxygen atoms in total. The number of benzene rings is 1. The average Bonchev–Trinajstić information content (AvgIpc) is 2.91. The Bertz CT molecular complexity index is 687. The Labute approximate surface area is 146 Å². The number of aromatic nitrogens is 2. The molecule has 1 saturated heterocycles. The molecule has 2 aromatic rings. The Hall–Kier alpha value is -1.50. The van der Waals surface area contributed by atoms with E-state index in [0.717, 1.165) is 43.4 Å². The summed E-state index contributed by atoms with van der Waals surface area (Å²) in [6, 6.07) is 11.8. The van der Waals surface area contributed by atoms with Crippen molar-refractivity contribution in [3.8, 4) is 0 Å². The number of hydrogen-bond acceptors (Lipinski definition) is 4. The van der Waals surface area contributed by atoms with Gasteiger partial charge in [-0.15, -0.1) is 0 Å². The highest BCUT2D eigenvalue weighted by Crippen LogP contribution is 2.11. The van der Waals surface area contributed by atoms with Gasteiger partial charge in [-0.05, 0) is 32.0 Å². The van der Waals surface area contributed by atoms with Crippen molar-refractivity contribution >= 4 is 10.8 Å². The van der Waals surface area contributed by atoms with Crippen LogP contribution in [0.4, 0.5) is 0 Å². The molecule has 1 aromatic heterocycles. The van der Waals surface area contributed by atoms with Gasteiger partial charge in [0.15, 0.2) is 0 Å². The largest absolute Gasteiger partial charge is 0.374 e. The van der Waals surface area contributed by atoms with Gasteiger partial charge < -0.3 is 4.74 Å². The van der Waals surface area contributed by atoms with Gasteiger partial charge in [-0.2, -0.15) is 5.10 Å². The lowest BCUT2D eigenvalue weighted by Gasteiger charge is -2.32. The molecule has 0 radical (unpaired) electrons. The van der Waals surface area contributed by atoms with E-state index in [1.807, 2.05) is 41.9 Å². The van der Waals surface area contributed by atoms with E-state index in [2.05, 4.69) is 23.0 Å². The lowest BCUT2D eigenvalue weighted by atomic mass is 10.2. The molecule has 3 rings (SSSR count). The molecule has 0 spiro atoms. The molecular weight excluding hydrogens is 322 g/mol. The maximum Gasteiger partial charge on any atom is 0.0898 e. The maximum atomic E-state index is 12.3. The van der Waals surface area contributed by atoms with Gasteiger partial charge in [-0.3, -0.25) is 13.8 Å². The lowest BCUT2D eigenvalue weighted by Crippen LogP contribution is -2.45. The van der Waals surface area contributed by atoms with Crippen LogP contribution in [0.25, 0.3) is 0 Å². The Balaban J connectivity index is 1.50. The van der Waals surface area contributed by atoms with Crippen LogP contribution >= 0.6 is 0 Å². The lowest BCUT2D eigenvalue weighted by molar-refractivity contribution is -0.0357. The van der Waals surface area contributed by atoms with Gasteiger partial charge in [-0.25, -0.2) is 0 Å². The predicted molar refractivity (Wildman–Crippen MR) is 95.6 cm³/mol. The highest BCUT2D eigenvalue weighted by Gasteiger charge is 2.22. The first-order chi connectivity index (χ1) is 11.6. The molecule has 0 bridgehead atoms. The number of morpholine rings is 1. The zero-order chi connectivity index (χ0) is 16.9. The Morgan fingerprint density at radius 1 is 1.29 bits per heavy atom. The van der Waals surface area contributed by atoms with Crippen LogP contribution in [0, 0.1) is 13.8 Å². The van der Waals surface area contributed by atoms with Crippen LogP contribution in [-0.4, -0.2) is 57.0 Å². The minimum atomic E-state index is -0.935. The molecule has 1 aromatic carbocycles. The summed E-state index contributed by atoms with van der Waals surface area (Å²) in [4.78, 5) is 3.26. The van der Waals surface area contributed by atoms with Crippen LogP contribution in [0.3, 0.4) is 0 Å². The summed E-state index contributed by atoms with van der Waals surface area (Å²) in [5.74, 6) is 0.663. The second kappa shape index (κ2) is 8.05. The van der Waals surface area contributed by atoms with Crippen LogP contribution in [-0.2, 0) is 22.1 Å². The summed E-state index contributed by atoms with van der Waals surface area (Å²) in [6.07, 6.45) is 0.141. The van der Waals surface area contributed by atoms with E-state index in [0.29, 0.717) is 5.75 Å². The van der Waals surface area contributed by atoms with E-state index in [1.54, 1.807) is 0 Å². The molecule has 2 atom stereocenters. The predicted octanol–water partition coefficient (Wildman–Crippen LogP) is 2.01. The van der Waals surface area contributed by atoms with Gasteiger partial charge in [-0.1, -0.05) is 18.2 Å². The summed E-state index contributed by atoms with van der Waals surface area (Å²) in [5.41, 5.74) is 2.21. The van der Waals surface area contributed by atoms with Crippen LogP contribution in [0.2, 0.25) is 0 Å². The Morgan fingerprint density at radius 3 is 2.79 bits per heavy atom. The second-order valence-electron chi connectivity index (χ2n) is 6.27. The van der Waals surface area contributed by atoms with Crippen molar-refractivity contribution in [1.82, 2.24) is 14.7 Å². The SMILES string of the molecule is Cc1cc(C)n(CC2CN(CCS(=O)c3ccccc3)CCO2)n1. The van der Waals surface area contributed by atoms with Crippen molar-refractivity contribution in [3.63, 3.8) is 0 Å². The van der Waals surface area contributed by atoms with Crippen LogP contribution in [0.15, 0.2) is 41.3 Å². The van der Waals surface area contributed by atoms with Gasteiger partial charge in [0.1, 0.15) is 0 Å². The molecular formula is C18H25N3O2S. The van der Waals surface area contributed by atoms with Gasteiger partial charge >= 0.3 is 0 Å². The van der Waals surface area contributed by atoms with Gasteiger partial charge in [0.05, 0.1) is 35.7 Å². The first-order valence-electron chi connectivity index (χ1n) is 8.40. The number of rotatable bonds is 6. The summed E-state index contributed by atoms with van der Waals surface area (Å²) in [5, 5.41) is 4.51. The fourth-order valence-electron chi connectivity index (χ4n) is 3.05. The van der Waals surface area contributed by atoms with E-state index < -0.39 is 10.8 Å². The molecule has 6 heteroatoms. The topological polar surface area (TPSA) is 47.4 Å². The molecule has 1 fully saturated rings. The average molecular weight is 347 g/mol. The molecule has 2 unspecified atom stereocenters. The quantitative estimate of drug-likeness (QED) is 0.802. The number of nitrogens with zero attached hydrogens (tertiary/aromatic N) is 3. The molecule has 2 heterocycles. The maximum absolute atomic E-state index is 12.3. The molecule has 130 valence electrons. The van der Waals surface area contributed by atoms with Crippen LogP contribution in [0.5, 0.6) is 0 Å². The fraction of sp³-hybridized carbons (Fsp3) is 0.500. The molecule has 24 heavy (non-hydrogen) atoms. The van der Waals surface area contributed by atoms with E-state index in [4.69, 9.17) is 4.74 Å². The summed E-state index contributed by atoms with van der Waals surface area (Å²) in [7, 11) is -0.935. The summed E-state index contributed by atoms with van der Waals surface area (Å²) < 4.78 is 20.3. The standard InChI is InChI=1S/C18H25N3O2S/c1-15-12-16(2)21(19-15)14-17-13-20(8-10-23-17)9-11-24(22)18-6-4-3-5-7-18/h3-7,12,17H,8-11,13-14H2,1-2H3. The molecule has 1 aliphatic rings. The fourth-order valence-corrected chi connectivity index (χ4v) is 4.17. The van der Waals surface area contributed by atoms with Crippen molar-refractivity contribution in [1.29, 1.82) is 0 Å². The van der Waals surface area contributed by atoms with Gasteiger partial charge in [0, 0.05) is 36.0 Å². The smallest absolute Gasteiger partial charge is 0.0898 e. The zero-order valence-electron chi connectivity index (χ0n) is 14.4. The van der Waals surface area contributed by atoms with Crippen molar-refractivity contribution in [2.24, 2.45) is 0 Å². The number of hydrogen-bond donors (Lipinski definition) is 0. The van der Waals surface area contributed by atoms with Crippen molar-refractivity contribution < 1.29 is 8.95 Å². The monoisotopic (exact) mass is 347 g/mol. The summed E-state index contributed by atoms with van der Waals surface area (Å²) >= 11 is 0. The molecule has 0 amide bonds. The highest BCUT2D eigenvalue weighted by atomic mass is 32.2. The van der Waals surface area contributed by atoms with Gasteiger partial charge in [0.25, 0.3) is 0 Å². The van der Waals surface area contributed by atoms with Gasteiger partial charge in [0.2, 0.25) is 0 Å². The Kier molecular flexibility index (Phi) is 5.81. The third-order valence-electron chi connectivity index (χ3n) is 4.30. The number of aryl methyl sites for hydroxylation is 2. The first-order valence-corrected chi connectivity index (χ1v) is 9.72. The Morgan fingerprint density at radius 2 is 2.08 bits per heavy atom. The molecule has 1 aliphatic heterocycles. The van der Waals surface area contributed by atoms with Crippen molar-refractivity contribution in [3.05, 3.63) is 47.8 Å². The second-order valence-corrected chi connectivity index (χ2v) is 7.84. The van der Waals surface area contributed by atoms with Crippen molar-refractivity contribution in [2.75, 3.05) is 32.0 Å². The minimum Gasteiger partial charge on any atom is -0.374 e. The number of ether oxygens (including phenoxy) is 1.